The van der Waals surface area contributed by atoms with Gasteiger partial charge in [0.25, 0.3) is 0 Å². The molecule has 0 saturated carbocycles. The average molecular weight is 969 g/mol. The van der Waals surface area contributed by atoms with Crippen molar-refractivity contribution in [1.82, 2.24) is 0 Å². The zero-order valence-electron chi connectivity index (χ0n) is 46.9. The van der Waals surface area contributed by atoms with Crippen molar-refractivity contribution in [2.24, 2.45) is 0 Å². The van der Waals surface area contributed by atoms with Gasteiger partial charge >= 0.3 is 0 Å². The topological polar surface area (TPSA) is 0 Å². The maximum absolute atomic E-state index is 2.22. The maximum atomic E-state index is 2.22. The molecule has 11 rings (SSSR count). The van der Waals surface area contributed by atoms with Gasteiger partial charge in [-0.2, -0.15) is 0 Å². The van der Waals surface area contributed by atoms with Crippen molar-refractivity contribution >= 4 is 32.3 Å². The van der Waals surface area contributed by atoms with Crippen molar-refractivity contribution in [3.8, 4) is 11.1 Å². The molecule has 0 unspecified atom stereocenters. The summed E-state index contributed by atoms with van der Waals surface area (Å²) in [4.78, 5) is 0. The summed E-state index contributed by atoms with van der Waals surface area (Å²) < 4.78 is 0. The van der Waals surface area contributed by atoms with E-state index in [0.29, 0.717) is 0 Å². The van der Waals surface area contributed by atoms with Gasteiger partial charge in [-0.3, -0.25) is 0 Å². The van der Waals surface area contributed by atoms with Crippen LogP contribution in [0.2, 0.25) is 0 Å². The number of fused-ring (bicyclic) bond motifs is 3. The minimum Gasteiger partial charge on any atom is -0.0620 e. The Balaban J connectivity index is 0.000000162. The van der Waals surface area contributed by atoms with Crippen molar-refractivity contribution in [3.63, 3.8) is 0 Å². The molecule has 0 fully saturated rings. The molecular formula is C74H80. The highest BCUT2D eigenvalue weighted by Crippen LogP contribution is 2.23. The van der Waals surface area contributed by atoms with Crippen LogP contribution in [-0.4, -0.2) is 0 Å². The minimum atomic E-state index is 1.29. The first kappa shape index (κ1) is 57.1. The van der Waals surface area contributed by atoms with Crippen LogP contribution in [0.4, 0.5) is 0 Å². The van der Waals surface area contributed by atoms with Gasteiger partial charge in [0, 0.05) is 0 Å². The van der Waals surface area contributed by atoms with Gasteiger partial charge in [-0.1, -0.05) is 275 Å². The first-order valence-corrected chi connectivity index (χ1v) is 26.1. The number of hydrogen-bond donors (Lipinski definition) is 0. The van der Waals surface area contributed by atoms with Gasteiger partial charge in [0.05, 0.1) is 0 Å². The Morgan fingerprint density at radius 1 is 0.162 bits per heavy atom. The summed E-state index contributed by atoms with van der Waals surface area (Å²) in [5.41, 5.74) is 21.3. The number of rotatable bonds is 1. The van der Waals surface area contributed by atoms with Crippen LogP contribution in [-0.2, 0) is 0 Å². The molecule has 0 aliphatic rings. The fourth-order valence-corrected chi connectivity index (χ4v) is 8.31. The fourth-order valence-electron chi connectivity index (χ4n) is 8.31. The van der Waals surface area contributed by atoms with Crippen LogP contribution in [0, 0.1) is 96.9 Å². The third-order valence-electron chi connectivity index (χ3n) is 13.1. The van der Waals surface area contributed by atoms with E-state index in [1.165, 1.54) is 121 Å². The highest BCUT2D eigenvalue weighted by atomic mass is 14.0. The lowest BCUT2D eigenvalue weighted by Crippen LogP contribution is -1.80. The molecule has 0 radical (unpaired) electrons. The van der Waals surface area contributed by atoms with Gasteiger partial charge in [0.2, 0.25) is 0 Å². The van der Waals surface area contributed by atoms with Crippen molar-refractivity contribution < 1.29 is 0 Å². The highest BCUT2D eigenvalue weighted by molar-refractivity contribution is 5.89. The highest BCUT2D eigenvalue weighted by Gasteiger charge is 1.99. The van der Waals surface area contributed by atoms with E-state index >= 15 is 0 Å². The number of aryl methyl sites for hydroxylation is 14. The smallest absolute Gasteiger partial charge is 0.0152 e. The number of benzene rings is 11. The van der Waals surface area contributed by atoms with Crippen LogP contribution in [0.15, 0.2) is 231 Å². The Morgan fingerprint density at radius 2 is 0.419 bits per heavy atom. The first-order valence-electron chi connectivity index (χ1n) is 26.1. The van der Waals surface area contributed by atoms with Crippen molar-refractivity contribution in [2.75, 3.05) is 0 Å². The van der Waals surface area contributed by atoms with Gasteiger partial charge in [-0.15, -0.1) is 0 Å². The van der Waals surface area contributed by atoms with Crippen molar-refractivity contribution in [2.45, 2.75) is 96.9 Å². The van der Waals surface area contributed by atoms with Crippen LogP contribution < -0.4 is 0 Å². The SMILES string of the molecule is Cc1ccc(-c2ccc(C)cc2)cc1.Cc1ccc(C)c2ccccc12.Cc1ccc(C)cc1.Cc1ccc2ccc(C)cc2c1.Cc1cccc(C)c1.Cc1cccc2c(C)cccc12.Cc1ccccc1C. The Kier molecular flexibility index (Phi) is 22.4. The molecule has 0 amide bonds. The van der Waals surface area contributed by atoms with E-state index in [2.05, 4.69) is 327 Å². The second-order valence-corrected chi connectivity index (χ2v) is 20.0. The Bertz CT molecular complexity index is 3180. The molecular weight excluding hydrogens is 889 g/mol. The van der Waals surface area contributed by atoms with Crippen LogP contribution in [0.1, 0.15) is 77.9 Å². The minimum absolute atomic E-state index is 1.29. The van der Waals surface area contributed by atoms with E-state index in [9.17, 15) is 0 Å². The number of hydrogen-bond acceptors (Lipinski definition) is 0. The molecule has 0 atom stereocenters. The summed E-state index contributed by atoms with van der Waals surface area (Å²) in [7, 11) is 0. The molecule has 0 aliphatic carbocycles. The summed E-state index contributed by atoms with van der Waals surface area (Å²) >= 11 is 0. The summed E-state index contributed by atoms with van der Waals surface area (Å²) in [6, 6.07) is 81.4. The molecule has 0 spiro atoms. The normalized spacial score (nSPS) is 10.0. The van der Waals surface area contributed by atoms with E-state index in [-0.39, 0.29) is 0 Å². The molecule has 11 aromatic rings. The molecule has 0 aromatic heterocycles. The van der Waals surface area contributed by atoms with E-state index in [1.54, 1.807) is 0 Å². The van der Waals surface area contributed by atoms with Gasteiger partial charge in [0.15, 0.2) is 0 Å². The quantitative estimate of drug-likeness (QED) is 0.154. The fraction of sp³-hybridized carbons (Fsp3) is 0.189. The largest absolute Gasteiger partial charge is 0.0620 e. The zero-order valence-corrected chi connectivity index (χ0v) is 46.9. The predicted molar refractivity (Wildman–Crippen MR) is 329 cm³/mol. The summed E-state index contributed by atoms with van der Waals surface area (Å²) in [5.74, 6) is 0. The molecule has 0 bridgehead atoms. The molecule has 0 nitrogen and oxygen atoms in total. The monoisotopic (exact) mass is 969 g/mol. The molecule has 0 heterocycles. The van der Waals surface area contributed by atoms with Crippen molar-refractivity contribution in [3.05, 3.63) is 308 Å². The van der Waals surface area contributed by atoms with Gasteiger partial charge in [-0.05, 0) is 174 Å². The Morgan fingerprint density at radius 3 is 0.743 bits per heavy atom. The third-order valence-corrected chi connectivity index (χ3v) is 13.1. The molecule has 11 aromatic carbocycles. The summed E-state index contributed by atoms with van der Waals surface area (Å²) in [6.07, 6.45) is 0. The molecule has 0 heteroatoms. The van der Waals surface area contributed by atoms with Crippen LogP contribution in [0.3, 0.4) is 0 Å². The lowest BCUT2D eigenvalue weighted by Gasteiger charge is -2.03. The standard InChI is InChI=1S/C14H14.3C12H12.3C8H10/c1-11-3-7-13(8-4-11)14-9-5-12(2)6-10-14;1-9-3-5-11-6-4-10(2)8-12(11)7-9;1-9-5-3-8-12-10(2)6-4-7-11(9)12;1-9-7-8-10(2)12-6-4-3-5-11(9)12;1-7-3-5-8(2)6-4-7;1-7-4-3-5-8(2)6-7;1-7-5-3-4-6-8(7)2/h3-10H,1-2H3;3*3-8H,1-2H3;3*3-6H,1-2H3. The Labute approximate surface area is 446 Å². The first-order chi connectivity index (χ1) is 35.5. The average Bonchev–Trinajstić information content (AvgIpc) is 3.39. The van der Waals surface area contributed by atoms with E-state index in [0.717, 1.165) is 0 Å². The second-order valence-electron chi connectivity index (χ2n) is 20.0. The van der Waals surface area contributed by atoms with E-state index < -0.39 is 0 Å². The lowest BCUT2D eigenvalue weighted by molar-refractivity contribution is 1.34. The lowest BCUT2D eigenvalue weighted by atomic mass is 10.0. The van der Waals surface area contributed by atoms with E-state index in [1.807, 2.05) is 0 Å². The molecule has 0 saturated heterocycles. The van der Waals surface area contributed by atoms with Crippen LogP contribution in [0.5, 0.6) is 0 Å². The van der Waals surface area contributed by atoms with Gasteiger partial charge in [0.1, 0.15) is 0 Å². The predicted octanol–water partition coefficient (Wildman–Crippen LogP) is 21.3. The van der Waals surface area contributed by atoms with Gasteiger partial charge < -0.3 is 0 Å². The molecule has 376 valence electrons. The molecule has 0 N–H and O–H groups in total. The van der Waals surface area contributed by atoms with Crippen LogP contribution in [0.25, 0.3) is 43.4 Å². The molecule has 74 heavy (non-hydrogen) atoms. The van der Waals surface area contributed by atoms with Gasteiger partial charge in [-0.25, -0.2) is 0 Å². The van der Waals surface area contributed by atoms with Crippen LogP contribution >= 0.6 is 0 Å². The Hall–Kier alpha value is -7.80. The zero-order chi connectivity index (χ0) is 53.6. The summed E-state index contributed by atoms with van der Waals surface area (Å²) in [6.45, 7) is 29.7. The van der Waals surface area contributed by atoms with Crippen molar-refractivity contribution in [1.29, 1.82) is 0 Å². The molecule has 0 aliphatic heterocycles. The summed E-state index contributed by atoms with van der Waals surface area (Å²) in [5, 5.41) is 8.16. The maximum Gasteiger partial charge on any atom is -0.0152 e. The second kappa shape index (κ2) is 29.0. The van der Waals surface area contributed by atoms with E-state index in [4.69, 9.17) is 0 Å². The third kappa shape index (κ3) is 18.7.